The molecule has 0 radical (unpaired) electrons. The standard InChI is InChI=1S/C19H19Cl2FN2O2/c1-24-8-2-3-14(24)11-26-19(25)23-18-7-5-13(22)10-16(18)15-6-4-12(20)9-17(15)21/h4-7,9-10,14H,2-3,8,11H2,1H3,(H,23,25)/t14-/m0/s1. The Morgan fingerprint density at radius 3 is 2.77 bits per heavy atom. The van der Waals surface area contributed by atoms with Gasteiger partial charge in [-0.2, -0.15) is 0 Å². The van der Waals surface area contributed by atoms with Crippen LogP contribution in [-0.2, 0) is 4.74 Å². The fourth-order valence-corrected chi connectivity index (χ4v) is 3.57. The van der Waals surface area contributed by atoms with Crippen LogP contribution in [-0.4, -0.2) is 37.2 Å². The molecule has 3 rings (SSSR count). The number of benzene rings is 2. The van der Waals surface area contributed by atoms with Crippen LogP contribution in [0.1, 0.15) is 12.8 Å². The second-order valence-electron chi connectivity index (χ2n) is 6.31. The van der Waals surface area contributed by atoms with Crippen LogP contribution >= 0.6 is 23.2 Å². The zero-order chi connectivity index (χ0) is 18.7. The molecule has 0 unspecified atom stereocenters. The molecule has 7 heteroatoms. The summed E-state index contributed by atoms with van der Waals surface area (Å²) in [5, 5.41) is 3.52. The minimum absolute atomic E-state index is 0.235. The van der Waals surface area contributed by atoms with E-state index >= 15 is 0 Å². The van der Waals surface area contributed by atoms with Gasteiger partial charge in [0.05, 0.1) is 5.69 Å². The zero-order valence-corrected chi connectivity index (χ0v) is 15.8. The maximum Gasteiger partial charge on any atom is 0.411 e. The van der Waals surface area contributed by atoms with Crippen molar-refractivity contribution in [1.82, 2.24) is 4.90 Å². The molecule has 1 heterocycles. The Morgan fingerprint density at radius 1 is 1.27 bits per heavy atom. The van der Waals surface area contributed by atoms with E-state index in [0.29, 0.717) is 33.5 Å². The van der Waals surface area contributed by atoms with Gasteiger partial charge in [0.1, 0.15) is 12.4 Å². The van der Waals surface area contributed by atoms with Gasteiger partial charge in [0, 0.05) is 27.2 Å². The number of hydrogen-bond donors (Lipinski definition) is 1. The van der Waals surface area contributed by atoms with Gasteiger partial charge in [-0.25, -0.2) is 9.18 Å². The van der Waals surface area contributed by atoms with Crippen LogP contribution in [0.3, 0.4) is 0 Å². The predicted octanol–water partition coefficient (Wildman–Crippen LogP) is 5.44. The molecule has 1 amide bonds. The topological polar surface area (TPSA) is 41.6 Å². The van der Waals surface area contributed by atoms with E-state index < -0.39 is 11.9 Å². The van der Waals surface area contributed by atoms with Crippen molar-refractivity contribution in [2.24, 2.45) is 0 Å². The highest BCUT2D eigenvalue weighted by atomic mass is 35.5. The summed E-state index contributed by atoms with van der Waals surface area (Å²) in [6, 6.07) is 9.22. The molecule has 1 aliphatic rings. The number of anilines is 1. The Morgan fingerprint density at radius 2 is 2.08 bits per heavy atom. The van der Waals surface area contributed by atoms with Crippen molar-refractivity contribution in [1.29, 1.82) is 0 Å². The molecule has 0 bridgehead atoms. The predicted molar refractivity (Wildman–Crippen MR) is 102 cm³/mol. The Hall–Kier alpha value is -1.82. The number of rotatable bonds is 4. The zero-order valence-electron chi connectivity index (χ0n) is 14.3. The second-order valence-corrected chi connectivity index (χ2v) is 7.16. The molecule has 138 valence electrons. The Kier molecular flexibility index (Phi) is 6.01. The van der Waals surface area contributed by atoms with E-state index in [1.54, 1.807) is 18.2 Å². The van der Waals surface area contributed by atoms with Gasteiger partial charge in [-0.3, -0.25) is 5.32 Å². The van der Waals surface area contributed by atoms with Crippen LogP contribution in [0, 0.1) is 5.82 Å². The minimum atomic E-state index is -0.580. The van der Waals surface area contributed by atoms with E-state index in [2.05, 4.69) is 10.2 Å². The van der Waals surface area contributed by atoms with E-state index in [0.717, 1.165) is 19.4 Å². The largest absolute Gasteiger partial charge is 0.448 e. The monoisotopic (exact) mass is 396 g/mol. The number of likely N-dealkylation sites (N-methyl/N-ethyl adjacent to an activating group) is 1. The van der Waals surface area contributed by atoms with E-state index in [-0.39, 0.29) is 6.04 Å². The molecule has 4 nitrogen and oxygen atoms in total. The first-order valence-electron chi connectivity index (χ1n) is 8.33. The van der Waals surface area contributed by atoms with Crippen LogP contribution in [0.2, 0.25) is 10.0 Å². The summed E-state index contributed by atoms with van der Waals surface area (Å²) in [5.41, 5.74) is 1.45. The van der Waals surface area contributed by atoms with Crippen LogP contribution in [0.4, 0.5) is 14.9 Å². The van der Waals surface area contributed by atoms with Gasteiger partial charge >= 0.3 is 6.09 Å². The number of ether oxygens (including phenoxy) is 1. The number of nitrogens with zero attached hydrogens (tertiary/aromatic N) is 1. The summed E-state index contributed by atoms with van der Waals surface area (Å²) in [4.78, 5) is 14.4. The van der Waals surface area contributed by atoms with Crippen molar-refractivity contribution in [2.75, 3.05) is 25.5 Å². The maximum absolute atomic E-state index is 13.8. The molecule has 1 atom stereocenters. The molecular weight excluding hydrogens is 378 g/mol. The summed E-state index contributed by atoms with van der Waals surface area (Å²) in [5.74, 6) is -0.433. The lowest BCUT2D eigenvalue weighted by atomic mass is 10.0. The Bertz CT molecular complexity index is 816. The molecule has 2 aromatic rings. The molecule has 26 heavy (non-hydrogen) atoms. The van der Waals surface area contributed by atoms with E-state index in [1.165, 1.54) is 18.2 Å². The van der Waals surface area contributed by atoms with E-state index in [4.69, 9.17) is 27.9 Å². The van der Waals surface area contributed by atoms with Crippen molar-refractivity contribution >= 4 is 35.0 Å². The summed E-state index contributed by atoms with van der Waals surface area (Å²) in [6.45, 7) is 1.33. The van der Waals surface area contributed by atoms with Gasteiger partial charge in [0.15, 0.2) is 0 Å². The molecule has 0 spiro atoms. The molecule has 0 aromatic heterocycles. The fraction of sp³-hybridized carbons (Fsp3) is 0.316. The fourth-order valence-electron chi connectivity index (χ4n) is 3.06. The van der Waals surface area contributed by atoms with Gasteiger partial charge in [0.2, 0.25) is 0 Å². The smallest absolute Gasteiger partial charge is 0.411 e. The summed E-state index contributed by atoms with van der Waals surface area (Å²) in [7, 11) is 2.01. The third-order valence-corrected chi connectivity index (χ3v) is 5.07. The average Bonchev–Trinajstić information content (AvgIpc) is 3.00. The number of hydrogen-bond acceptors (Lipinski definition) is 3. The first kappa shape index (κ1) is 19.0. The van der Waals surface area contributed by atoms with Gasteiger partial charge in [-0.15, -0.1) is 0 Å². The Labute approximate surface area is 161 Å². The number of amides is 1. The molecular formula is C19H19Cl2FN2O2. The number of likely N-dealkylation sites (tertiary alicyclic amines) is 1. The first-order chi connectivity index (χ1) is 12.4. The van der Waals surface area contributed by atoms with Crippen LogP contribution in [0.5, 0.6) is 0 Å². The SMILES string of the molecule is CN1CCC[C@H]1COC(=O)Nc1ccc(F)cc1-c1ccc(Cl)cc1Cl. The lowest BCUT2D eigenvalue weighted by Gasteiger charge is -2.19. The molecule has 1 aliphatic heterocycles. The van der Waals surface area contributed by atoms with Gasteiger partial charge in [-0.1, -0.05) is 29.3 Å². The first-order valence-corrected chi connectivity index (χ1v) is 9.08. The van der Waals surface area contributed by atoms with E-state index in [9.17, 15) is 9.18 Å². The molecule has 1 fully saturated rings. The Balaban J connectivity index is 1.76. The molecule has 0 saturated carbocycles. The number of carbonyl (C=O) groups excluding carboxylic acids is 1. The number of nitrogens with one attached hydrogen (secondary N) is 1. The van der Waals surface area contributed by atoms with Crippen molar-refractivity contribution in [3.8, 4) is 11.1 Å². The van der Waals surface area contributed by atoms with E-state index in [1.807, 2.05) is 7.05 Å². The van der Waals surface area contributed by atoms with Crippen molar-refractivity contribution in [3.05, 3.63) is 52.3 Å². The van der Waals surface area contributed by atoms with Gasteiger partial charge in [0.25, 0.3) is 0 Å². The molecule has 1 N–H and O–H groups in total. The summed E-state index contributed by atoms with van der Waals surface area (Å²) >= 11 is 12.2. The molecule has 1 saturated heterocycles. The minimum Gasteiger partial charge on any atom is -0.448 e. The van der Waals surface area contributed by atoms with Gasteiger partial charge < -0.3 is 9.64 Å². The van der Waals surface area contributed by atoms with Gasteiger partial charge in [-0.05, 0) is 56.8 Å². The highest BCUT2D eigenvalue weighted by molar-refractivity contribution is 6.36. The quantitative estimate of drug-likeness (QED) is 0.747. The third kappa shape index (κ3) is 4.47. The lowest BCUT2D eigenvalue weighted by Crippen LogP contribution is -2.31. The lowest BCUT2D eigenvalue weighted by molar-refractivity contribution is 0.127. The van der Waals surface area contributed by atoms with Crippen LogP contribution in [0.25, 0.3) is 11.1 Å². The molecule has 2 aromatic carbocycles. The average molecular weight is 397 g/mol. The normalized spacial score (nSPS) is 17.3. The van der Waals surface area contributed by atoms with Crippen molar-refractivity contribution in [3.63, 3.8) is 0 Å². The molecule has 0 aliphatic carbocycles. The third-order valence-electron chi connectivity index (χ3n) is 4.52. The highest BCUT2D eigenvalue weighted by Crippen LogP contribution is 2.35. The summed E-state index contributed by atoms with van der Waals surface area (Å²) in [6.07, 6.45) is 1.53. The van der Waals surface area contributed by atoms with Crippen molar-refractivity contribution < 1.29 is 13.9 Å². The second kappa shape index (κ2) is 8.25. The number of carbonyl (C=O) groups is 1. The highest BCUT2D eigenvalue weighted by Gasteiger charge is 2.22. The van der Waals surface area contributed by atoms with Crippen molar-refractivity contribution in [2.45, 2.75) is 18.9 Å². The van der Waals surface area contributed by atoms with Crippen LogP contribution in [0.15, 0.2) is 36.4 Å². The summed E-state index contributed by atoms with van der Waals surface area (Å²) < 4.78 is 19.1. The van der Waals surface area contributed by atoms with Crippen LogP contribution < -0.4 is 5.32 Å². The number of halogens is 3. The maximum atomic E-state index is 13.8.